The monoisotopic (exact) mass is 387 g/mol. The highest BCUT2D eigenvalue weighted by Gasteiger charge is 2.64. The summed E-state index contributed by atoms with van der Waals surface area (Å²) in [7, 11) is 2.07. The lowest BCUT2D eigenvalue weighted by Gasteiger charge is -2.50. The molecule has 3 aliphatic rings. The molecule has 0 amide bonds. The smallest absolute Gasteiger partial charge is 0.229 e. The van der Waals surface area contributed by atoms with Crippen LogP contribution < -0.4 is 9.64 Å². The number of ether oxygens (including phenoxy) is 1. The van der Waals surface area contributed by atoms with E-state index in [2.05, 4.69) is 41.2 Å². The normalized spacial score (nSPS) is 29.9. The highest BCUT2D eigenvalue weighted by molar-refractivity contribution is 5.99. The standard InChI is InChI=1S/C24H22FN3O/c1-28-20-5-3-2-4-19(20)23(11-8-17(25)9-12-23)24(28)15-27-22-18-10-13-26-14-16(18)6-7-21(22)29-24/h2-7,10,13-15,17H,8-9,11-12H2,1H3. The number of benzene rings is 2. The van der Waals surface area contributed by atoms with Crippen LogP contribution in [-0.2, 0) is 5.41 Å². The van der Waals surface area contributed by atoms with Gasteiger partial charge in [-0.1, -0.05) is 18.2 Å². The number of halogens is 1. The number of fused-ring (bicyclic) bond motifs is 6. The van der Waals surface area contributed by atoms with E-state index in [-0.39, 0.29) is 5.41 Å². The van der Waals surface area contributed by atoms with Crippen LogP contribution in [-0.4, -0.2) is 30.1 Å². The summed E-state index contributed by atoms with van der Waals surface area (Å²) in [5.41, 5.74) is 2.17. The number of likely N-dealkylation sites (N-methyl/N-ethyl adjacent to an activating group) is 1. The molecule has 6 rings (SSSR count). The van der Waals surface area contributed by atoms with Crippen molar-refractivity contribution in [3.63, 3.8) is 0 Å². The molecular formula is C24H22FN3O. The summed E-state index contributed by atoms with van der Waals surface area (Å²) in [6, 6.07) is 14.4. The van der Waals surface area contributed by atoms with E-state index < -0.39 is 11.9 Å². The van der Waals surface area contributed by atoms with Gasteiger partial charge in [0, 0.05) is 35.9 Å². The number of rotatable bonds is 0. The van der Waals surface area contributed by atoms with Crippen LogP contribution in [0.1, 0.15) is 31.2 Å². The number of aliphatic imine (C=N–C) groups is 1. The third-order valence-electron chi connectivity index (χ3n) is 7.12. The Balaban J connectivity index is 1.56. The molecule has 1 aromatic heterocycles. The van der Waals surface area contributed by atoms with Crippen molar-refractivity contribution in [3.05, 3.63) is 60.4 Å². The Morgan fingerprint density at radius 1 is 1.10 bits per heavy atom. The molecule has 4 nitrogen and oxygen atoms in total. The summed E-state index contributed by atoms with van der Waals surface area (Å²) < 4.78 is 21.0. The predicted molar refractivity (Wildman–Crippen MR) is 113 cm³/mol. The van der Waals surface area contributed by atoms with Crippen LogP contribution in [0.15, 0.2) is 59.9 Å². The Morgan fingerprint density at radius 2 is 1.93 bits per heavy atom. The highest BCUT2D eigenvalue weighted by Crippen LogP contribution is 2.59. The van der Waals surface area contributed by atoms with Gasteiger partial charge in [0.1, 0.15) is 17.6 Å². The summed E-state index contributed by atoms with van der Waals surface area (Å²) in [6.45, 7) is 0. The Labute approximate surface area is 169 Å². The number of anilines is 1. The minimum absolute atomic E-state index is 0.310. The second-order valence-electron chi connectivity index (χ2n) is 8.40. The molecule has 0 radical (unpaired) electrons. The van der Waals surface area contributed by atoms with Crippen LogP contribution in [0, 0.1) is 0 Å². The average molecular weight is 387 g/mol. The van der Waals surface area contributed by atoms with E-state index in [0.717, 1.165) is 40.7 Å². The maximum atomic E-state index is 14.2. The van der Waals surface area contributed by atoms with Gasteiger partial charge in [-0.15, -0.1) is 0 Å². The number of alkyl halides is 1. The van der Waals surface area contributed by atoms with Crippen molar-refractivity contribution in [2.45, 2.75) is 43.0 Å². The molecule has 146 valence electrons. The van der Waals surface area contributed by atoms with Gasteiger partial charge in [-0.2, -0.15) is 0 Å². The second kappa shape index (κ2) is 5.78. The molecular weight excluding hydrogens is 365 g/mol. The SMILES string of the molecule is CN1c2ccccc2C2(CCC(F)CC2)C12C=Nc1c(ccc3cnccc13)O2. The molecule has 2 aromatic carbocycles. The average Bonchev–Trinajstić information content (AvgIpc) is 2.96. The molecule has 1 fully saturated rings. The lowest BCUT2D eigenvalue weighted by molar-refractivity contribution is 0.0250. The van der Waals surface area contributed by atoms with Crippen molar-refractivity contribution in [2.75, 3.05) is 11.9 Å². The molecule has 0 bridgehead atoms. The van der Waals surface area contributed by atoms with E-state index in [4.69, 9.17) is 9.73 Å². The number of nitrogens with zero attached hydrogens (tertiary/aromatic N) is 3. The first-order valence-electron chi connectivity index (χ1n) is 10.2. The third-order valence-corrected chi connectivity index (χ3v) is 7.12. The number of hydrogen-bond acceptors (Lipinski definition) is 4. The van der Waals surface area contributed by atoms with Crippen molar-refractivity contribution in [1.82, 2.24) is 4.98 Å². The van der Waals surface area contributed by atoms with Crippen molar-refractivity contribution in [1.29, 1.82) is 0 Å². The maximum absolute atomic E-state index is 14.2. The van der Waals surface area contributed by atoms with Gasteiger partial charge in [0.15, 0.2) is 0 Å². The first-order valence-corrected chi connectivity index (χ1v) is 10.2. The molecule has 5 heteroatoms. The number of hydrogen-bond donors (Lipinski definition) is 0. The largest absolute Gasteiger partial charge is 0.459 e. The van der Waals surface area contributed by atoms with Crippen LogP contribution in [0.25, 0.3) is 10.8 Å². The quantitative estimate of drug-likeness (QED) is 0.524. The third kappa shape index (κ3) is 2.08. The maximum Gasteiger partial charge on any atom is 0.229 e. The molecule has 1 aliphatic carbocycles. The summed E-state index contributed by atoms with van der Waals surface area (Å²) in [5, 5.41) is 2.07. The van der Waals surface area contributed by atoms with E-state index in [1.165, 1.54) is 5.56 Å². The summed E-state index contributed by atoms with van der Waals surface area (Å²) >= 11 is 0. The molecule has 2 aliphatic heterocycles. The van der Waals surface area contributed by atoms with E-state index in [0.29, 0.717) is 12.8 Å². The Hall–Kier alpha value is -2.95. The van der Waals surface area contributed by atoms with E-state index in [1.807, 2.05) is 30.6 Å². The fourth-order valence-electron chi connectivity index (χ4n) is 5.64. The number of pyridine rings is 1. The first-order chi connectivity index (χ1) is 14.1. The molecule has 2 spiro atoms. The van der Waals surface area contributed by atoms with Crippen LogP contribution in [0.5, 0.6) is 5.75 Å². The molecule has 0 N–H and O–H groups in total. The van der Waals surface area contributed by atoms with E-state index >= 15 is 0 Å². The summed E-state index contributed by atoms with van der Waals surface area (Å²) in [4.78, 5) is 11.4. The van der Waals surface area contributed by atoms with Gasteiger partial charge in [-0.25, -0.2) is 4.39 Å². The van der Waals surface area contributed by atoms with Gasteiger partial charge in [0.2, 0.25) is 5.72 Å². The van der Waals surface area contributed by atoms with Crippen molar-refractivity contribution >= 4 is 28.4 Å². The minimum atomic E-state index is -0.746. The topological polar surface area (TPSA) is 37.7 Å². The minimum Gasteiger partial charge on any atom is -0.459 e. The van der Waals surface area contributed by atoms with Gasteiger partial charge in [-0.3, -0.25) is 9.98 Å². The fraction of sp³-hybridized carbons (Fsp3) is 0.333. The van der Waals surface area contributed by atoms with E-state index in [1.54, 1.807) is 6.20 Å². The van der Waals surface area contributed by atoms with Gasteiger partial charge in [0.05, 0.1) is 11.6 Å². The van der Waals surface area contributed by atoms with Crippen LogP contribution in [0.2, 0.25) is 0 Å². The Kier molecular flexibility index (Phi) is 3.38. The van der Waals surface area contributed by atoms with Crippen molar-refractivity contribution < 1.29 is 9.13 Å². The summed E-state index contributed by atoms with van der Waals surface area (Å²) in [6.07, 6.45) is 7.45. The lowest BCUT2D eigenvalue weighted by atomic mass is 9.64. The molecule has 0 saturated heterocycles. The zero-order chi connectivity index (χ0) is 19.6. The summed E-state index contributed by atoms with van der Waals surface area (Å²) in [5.74, 6) is 0.771. The predicted octanol–water partition coefficient (Wildman–Crippen LogP) is 5.33. The number of aromatic nitrogens is 1. The second-order valence-corrected chi connectivity index (χ2v) is 8.40. The van der Waals surface area contributed by atoms with Crippen LogP contribution >= 0.6 is 0 Å². The van der Waals surface area contributed by atoms with Gasteiger partial charge in [0.25, 0.3) is 0 Å². The molecule has 3 aromatic rings. The molecule has 1 atom stereocenters. The fourth-order valence-corrected chi connectivity index (χ4v) is 5.64. The Bertz CT molecular complexity index is 1150. The lowest BCUT2D eigenvalue weighted by Crippen LogP contribution is -2.64. The van der Waals surface area contributed by atoms with Crippen LogP contribution in [0.4, 0.5) is 15.8 Å². The van der Waals surface area contributed by atoms with Crippen LogP contribution in [0.3, 0.4) is 0 Å². The van der Waals surface area contributed by atoms with Gasteiger partial charge >= 0.3 is 0 Å². The molecule has 1 unspecified atom stereocenters. The van der Waals surface area contributed by atoms with Gasteiger partial charge in [-0.05, 0) is 55.5 Å². The molecule has 3 heterocycles. The zero-order valence-electron chi connectivity index (χ0n) is 16.3. The molecule has 1 saturated carbocycles. The van der Waals surface area contributed by atoms with Gasteiger partial charge < -0.3 is 9.64 Å². The first kappa shape index (κ1) is 17.0. The Morgan fingerprint density at radius 3 is 2.79 bits per heavy atom. The molecule has 29 heavy (non-hydrogen) atoms. The van der Waals surface area contributed by atoms with Crippen molar-refractivity contribution in [2.24, 2.45) is 4.99 Å². The number of para-hydroxylation sites is 1. The van der Waals surface area contributed by atoms with E-state index in [9.17, 15) is 4.39 Å². The zero-order valence-corrected chi connectivity index (χ0v) is 16.3. The highest BCUT2D eigenvalue weighted by atomic mass is 19.1. The van der Waals surface area contributed by atoms with Crippen molar-refractivity contribution in [3.8, 4) is 5.75 Å².